The number of hydrogen-bond donors (Lipinski definition) is 1. The molecule has 1 spiro atoms. The molecule has 2 fully saturated rings. The second-order valence-corrected chi connectivity index (χ2v) is 12.7. The van der Waals surface area contributed by atoms with E-state index < -0.39 is 54.0 Å². The minimum atomic E-state index is -1.47. The number of para-hydroxylation sites is 1. The molecular weight excluding hydrogens is 618 g/mol. The number of likely N-dealkylation sites (tertiary alicyclic amines) is 1. The molecule has 47 heavy (non-hydrogen) atoms. The number of fused-ring (bicyclic) bond motifs is 2. The van der Waals surface area contributed by atoms with E-state index in [1.807, 2.05) is 98.8 Å². The Hall–Kier alpha value is -4.44. The fraction of sp³-hybridized carbons (Fsp3) is 0.324. The first-order valence-electron chi connectivity index (χ1n) is 15.9. The van der Waals surface area contributed by atoms with Gasteiger partial charge in [-0.1, -0.05) is 78.4 Å². The number of carbonyl (C=O) groups excluding carboxylic acids is 3. The van der Waals surface area contributed by atoms with Gasteiger partial charge in [-0.25, -0.2) is 0 Å². The molecule has 3 amide bonds. The first-order valence-corrected chi connectivity index (χ1v) is 16.3. The molecule has 3 aromatic carbocycles. The summed E-state index contributed by atoms with van der Waals surface area (Å²) < 4.78 is 12.4. The van der Waals surface area contributed by atoms with E-state index in [1.54, 1.807) is 21.9 Å². The lowest BCUT2D eigenvalue weighted by atomic mass is 9.77. The summed E-state index contributed by atoms with van der Waals surface area (Å²) in [4.78, 5) is 49.1. The zero-order valence-corrected chi connectivity index (χ0v) is 26.9. The van der Waals surface area contributed by atoms with Crippen LogP contribution in [0.4, 0.5) is 11.4 Å². The zero-order valence-electron chi connectivity index (χ0n) is 26.2. The van der Waals surface area contributed by atoms with E-state index >= 15 is 0 Å². The van der Waals surface area contributed by atoms with Crippen LogP contribution in [0.3, 0.4) is 0 Å². The SMILES string of the molecule is CCOc1ccc(N2CC=C[C@@H]3O[C@]45C=CCN(c6c(C)cccc6Cl)C(=O)C4N([C@H](CO)c4ccccc4)C(=O)[C@@H]5[C@@H]3C2=O)cc1. The first kappa shape index (κ1) is 31.2. The van der Waals surface area contributed by atoms with Crippen molar-refractivity contribution in [3.8, 4) is 5.75 Å². The van der Waals surface area contributed by atoms with Crippen molar-refractivity contribution in [2.45, 2.75) is 37.6 Å². The molecule has 1 N–H and O–H groups in total. The number of aryl methyl sites for hydroxylation is 1. The zero-order chi connectivity index (χ0) is 32.9. The maximum atomic E-state index is 14.9. The number of hydrogen-bond acceptors (Lipinski definition) is 6. The van der Waals surface area contributed by atoms with E-state index in [0.29, 0.717) is 40.9 Å². The lowest BCUT2D eigenvalue weighted by Crippen LogP contribution is -2.56. The van der Waals surface area contributed by atoms with Gasteiger partial charge in [-0.3, -0.25) is 14.4 Å². The lowest BCUT2D eigenvalue weighted by molar-refractivity contribution is -0.144. The number of halogens is 1. The highest BCUT2D eigenvalue weighted by atomic mass is 35.5. The molecule has 242 valence electrons. The third kappa shape index (κ3) is 4.96. The molecule has 0 aliphatic carbocycles. The molecule has 10 heteroatoms. The molecule has 9 nitrogen and oxygen atoms in total. The van der Waals surface area contributed by atoms with Crippen LogP contribution >= 0.6 is 11.6 Å². The summed E-state index contributed by atoms with van der Waals surface area (Å²) in [5, 5.41) is 11.2. The van der Waals surface area contributed by atoms with Crippen LogP contribution in [0.15, 0.2) is 97.1 Å². The predicted octanol–water partition coefficient (Wildman–Crippen LogP) is 4.87. The number of carbonyl (C=O) groups is 3. The minimum absolute atomic E-state index is 0.187. The molecule has 0 aromatic heterocycles. The van der Waals surface area contributed by atoms with Gasteiger partial charge >= 0.3 is 0 Å². The molecule has 0 saturated carbocycles. The summed E-state index contributed by atoms with van der Waals surface area (Å²) in [5.74, 6) is -2.34. The number of benzene rings is 3. The Bertz CT molecular complexity index is 1740. The maximum absolute atomic E-state index is 14.9. The van der Waals surface area contributed by atoms with E-state index in [9.17, 15) is 19.5 Å². The number of ether oxygens (including phenoxy) is 2. The number of nitrogens with zero attached hydrogens (tertiary/aromatic N) is 3. The van der Waals surface area contributed by atoms with Crippen molar-refractivity contribution in [2.75, 3.05) is 36.1 Å². The number of aliphatic hydroxyl groups excluding tert-OH is 1. The molecule has 2 saturated heterocycles. The van der Waals surface area contributed by atoms with Gasteiger partial charge in [-0.2, -0.15) is 0 Å². The summed E-state index contributed by atoms with van der Waals surface area (Å²) >= 11 is 6.69. The number of anilines is 2. The monoisotopic (exact) mass is 653 g/mol. The molecule has 4 heterocycles. The summed E-state index contributed by atoms with van der Waals surface area (Å²) in [6, 6.07) is 19.8. The molecule has 0 radical (unpaired) electrons. The second-order valence-electron chi connectivity index (χ2n) is 12.3. The highest BCUT2D eigenvalue weighted by Crippen LogP contribution is 2.55. The Balaban J connectivity index is 1.35. The summed E-state index contributed by atoms with van der Waals surface area (Å²) in [6.45, 7) is 4.35. The van der Waals surface area contributed by atoms with E-state index in [2.05, 4.69) is 0 Å². The highest BCUT2D eigenvalue weighted by Gasteiger charge is 2.72. The van der Waals surface area contributed by atoms with Crippen molar-refractivity contribution in [1.82, 2.24) is 4.90 Å². The van der Waals surface area contributed by atoms with Crippen LogP contribution in [0.2, 0.25) is 5.02 Å². The molecule has 6 atom stereocenters. The van der Waals surface area contributed by atoms with Gasteiger partial charge < -0.3 is 29.3 Å². The average Bonchev–Trinajstić information content (AvgIpc) is 3.39. The van der Waals surface area contributed by atoms with Gasteiger partial charge in [-0.05, 0) is 55.3 Å². The van der Waals surface area contributed by atoms with Crippen molar-refractivity contribution < 1.29 is 29.0 Å². The van der Waals surface area contributed by atoms with Crippen LogP contribution in [0.25, 0.3) is 0 Å². The Labute approximate surface area is 278 Å². The van der Waals surface area contributed by atoms with Crippen molar-refractivity contribution in [2.24, 2.45) is 11.8 Å². The molecule has 4 aliphatic heterocycles. The Kier molecular flexibility index (Phi) is 8.16. The summed E-state index contributed by atoms with van der Waals surface area (Å²) in [7, 11) is 0. The van der Waals surface area contributed by atoms with Crippen LogP contribution in [0, 0.1) is 18.8 Å². The number of aliphatic hydroxyl groups is 1. The fourth-order valence-electron chi connectivity index (χ4n) is 7.73. The lowest BCUT2D eigenvalue weighted by Gasteiger charge is -2.39. The molecule has 3 aromatic rings. The summed E-state index contributed by atoms with van der Waals surface area (Å²) in [6.07, 6.45) is 6.57. The van der Waals surface area contributed by atoms with E-state index in [0.717, 1.165) is 5.56 Å². The van der Waals surface area contributed by atoms with Gasteiger partial charge in [0.2, 0.25) is 11.8 Å². The molecule has 4 aliphatic rings. The van der Waals surface area contributed by atoms with Crippen LogP contribution in [0.5, 0.6) is 5.75 Å². The van der Waals surface area contributed by atoms with Gasteiger partial charge in [-0.15, -0.1) is 0 Å². The van der Waals surface area contributed by atoms with Crippen molar-refractivity contribution in [3.63, 3.8) is 0 Å². The first-order chi connectivity index (χ1) is 22.8. The standard InChI is InChI=1S/C37H36ClN3O6/c1-3-46-26-17-15-25(16-18-26)39-20-8-14-29-30(34(39)43)31-35(44)41(28(22-42)24-11-5-4-6-12-24)33-36(45)40(21-9-19-37(31,33)47-29)32-23(2)10-7-13-27(32)38/h4-19,28-31,33,42H,3,20-22H2,1-2H3/t28-,29+,30-,31+,33?,37+/m1/s1. The quantitative estimate of drug-likeness (QED) is 0.366. The van der Waals surface area contributed by atoms with Crippen molar-refractivity contribution >= 4 is 40.7 Å². The van der Waals surface area contributed by atoms with Crippen molar-refractivity contribution in [1.29, 1.82) is 0 Å². The van der Waals surface area contributed by atoms with Gasteiger partial charge in [0.15, 0.2) is 0 Å². The Morgan fingerprint density at radius 1 is 0.936 bits per heavy atom. The van der Waals surface area contributed by atoms with Gasteiger partial charge in [0.05, 0.1) is 47.9 Å². The predicted molar refractivity (Wildman–Crippen MR) is 178 cm³/mol. The second kappa shape index (κ2) is 12.3. The van der Waals surface area contributed by atoms with E-state index in [-0.39, 0.29) is 12.5 Å². The van der Waals surface area contributed by atoms with Crippen LogP contribution < -0.4 is 14.5 Å². The topological polar surface area (TPSA) is 99.6 Å². The summed E-state index contributed by atoms with van der Waals surface area (Å²) in [5.41, 5.74) is 1.19. The van der Waals surface area contributed by atoms with Gasteiger partial charge in [0.25, 0.3) is 5.91 Å². The average molecular weight is 654 g/mol. The largest absolute Gasteiger partial charge is 0.494 e. The maximum Gasteiger partial charge on any atom is 0.253 e. The Morgan fingerprint density at radius 2 is 1.68 bits per heavy atom. The van der Waals surface area contributed by atoms with Crippen molar-refractivity contribution in [3.05, 3.63) is 113 Å². The van der Waals surface area contributed by atoms with E-state index in [4.69, 9.17) is 21.1 Å². The smallest absolute Gasteiger partial charge is 0.253 e. The fourth-order valence-corrected chi connectivity index (χ4v) is 8.05. The molecular formula is C37H36ClN3O6. The third-order valence-electron chi connectivity index (χ3n) is 9.71. The number of amides is 3. The minimum Gasteiger partial charge on any atom is -0.494 e. The van der Waals surface area contributed by atoms with Gasteiger partial charge in [0.1, 0.15) is 17.4 Å². The Morgan fingerprint density at radius 3 is 2.38 bits per heavy atom. The van der Waals surface area contributed by atoms with Crippen LogP contribution in [0.1, 0.15) is 24.1 Å². The molecule has 0 bridgehead atoms. The third-order valence-corrected chi connectivity index (χ3v) is 10.0. The molecule has 7 rings (SSSR count). The van der Waals surface area contributed by atoms with Crippen LogP contribution in [-0.4, -0.2) is 71.8 Å². The van der Waals surface area contributed by atoms with Crippen LogP contribution in [-0.2, 0) is 19.1 Å². The highest BCUT2D eigenvalue weighted by molar-refractivity contribution is 6.34. The van der Waals surface area contributed by atoms with E-state index in [1.165, 1.54) is 4.90 Å². The molecule has 1 unspecified atom stereocenters. The van der Waals surface area contributed by atoms with Gasteiger partial charge in [0, 0.05) is 18.8 Å². The normalized spacial score (nSPS) is 27.3. The number of rotatable bonds is 7.